The van der Waals surface area contributed by atoms with Crippen molar-refractivity contribution >= 4 is 22.7 Å². The number of hydrogen-bond donors (Lipinski definition) is 0. The van der Waals surface area contributed by atoms with Crippen molar-refractivity contribution < 1.29 is 4.92 Å². The fourth-order valence-corrected chi connectivity index (χ4v) is 6.03. The Morgan fingerprint density at radius 3 is 2.34 bits per heavy atom. The molecule has 178 valence electrons. The van der Waals surface area contributed by atoms with E-state index >= 15 is 0 Å². The second-order valence-electron chi connectivity index (χ2n) is 9.17. The van der Waals surface area contributed by atoms with Crippen LogP contribution in [-0.4, -0.2) is 9.49 Å². The molecule has 35 heavy (non-hydrogen) atoms. The Balaban J connectivity index is 1.61. The largest absolute Gasteiger partial charge is 0.309 e. The molecular weight excluding hydrogens is 454 g/mol. The molecule has 0 bridgehead atoms. The van der Waals surface area contributed by atoms with Crippen LogP contribution < -0.4 is 4.80 Å². The highest BCUT2D eigenvalue weighted by molar-refractivity contribution is 7.07. The molecule has 1 saturated carbocycles. The summed E-state index contributed by atoms with van der Waals surface area (Å²) in [6.07, 6.45) is 6.56. The Morgan fingerprint density at radius 1 is 0.943 bits per heavy atom. The van der Waals surface area contributed by atoms with Crippen LogP contribution in [0.2, 0.25) is 0 Å². The predicted octanol–water partition coefficient (Wildman–Crippen LogP) is 8.01. The molecule has 1 unspecified atom stereocenters. The van der Waals surface area contributed by atoms with E-state index in [1.807, 2.05) is 18.2 Å². The molecule has 4 aromatic rings. The second-order valence-corrected chi connectivity index (χ2v) is 10.0. The van der Waals surface area contributed by atoms with Gasteiger partial charge in [-0.3, -0.25) is 10.1 Å². The average molecular weight is 484 g/mol. The first-order chi connectivity index (χ1) is 17.1. The summed E-state index contributed by atoms with van der Waals surface area (Å²) in [4.78, 5) is 16.7. The number of rotatable bonds is 6. The molecule has 0 spiro atoms. The molecular formula is C29H29N3O2S. The van der Waals surface area contributed by atoms with Gasteiger partial charge in [-0.15, -0.1) is 11.3 Å². The Hall–Kier alpha value is -3.51. The van der Waals surface area contributed by atoms with E-state index in [-0.39, 0.29) is 16.7 Å². The normalized spacial score (nSPS) is 15.7. The summed E-state index contributed by atoms with van der Waals surface area (Å²) in [6.45, 7) is 2.15. The Bertz CT molecular complexity index is 1370. The highest BCUT2D eigenvalue weighted by atomic mass is 32.1. The van der Waals surface area contributed by atoms with Crippen LogP contribution in [0, 0.1) is 10.1 Å². The summed E-state index contributed by atoms with van der Waals surface area (Å²) < 4.78 is 2.20. The predicted molar refractivity (Wildman–Crippen MR) is 142 cm³/mol. The van der Waals surface area contributed by atoms with Gasteiger partial charge >= 0.3 is 0 Å². The van der Waals surface area contributed by atoms with Crippen molar-refractivity contribution in [1.29, 1.82) is 0 Å². The quantitative estimate of drug-likeness (QED) is 0.206. The van der Waals surface area contributed by atoms with Crippen LogP contribution in [0.1, 0.15) is 62.1 Å². The molecule has 0 saturated heterocycles. The lowest BCUT2D eigenvalue weighted by Gasteiger charge is -2.22. The molecule has 6 heteroatoms. The molecule has 1 aliphatic carbocycles. The Morgan fingerprint density at radius 2 is 1.63 bits per heavy atom. The van der Waals surface area contributed by atoms with Gasteiger partial charge in [-0.2, -0.15) is 0 Å². The Labute approximate surface area is 209 Å². The van der Waals surface area contributed by atoms with E-state index in [2.05, 4.69) is 53.3 Å². The smallest absolute Gasteiger partial charge is 0.294 e. The molecule has 1 heterocycles. The van der Waals surface area contributed by atoms with E-state index < -0.39 is 0 Å². The zero-order valence-corrected chi connectivity index (χ0v) is 20.7. The third kappa shape index (κ3) is 4.98. The average Bonchev–Trinajstić information content (AvgIpc) is 3.33. The van der Waals surface area contributed by atoms with Gasteiger partial charge in [-0.05, 0) is 48.4 Å². The van der Waals surface area contributed by atoms with Crippen LogP contribution in [-0.2, 0) is 0 Å². The monoisotopic (exact) mass is 483 g/mol. The number of hydrogen-bond acceptors (Lipinski definition) is 4. The number of nitro benzene ring substituents is 1. The summed E-state index contributed by atoms with van der Waals surface area (Å²) >= 11 is 1.52. The van der Waals surface area contributed by atoms with E-state index in [4.69, 9.17) is 4.99 Å². The van der Waals surface area contributed by atoms with E-state index in [1.165, 1.54) is 55.1 Å². The minimum Gasteiger partial charge on any atom is -0.309 e. The minimum atomic E-state index is -0.373. The third-order valence-electron chi connectivity index (χ3n) is 6.99. The summed E-state index contributed by atoms with van der Waals surface area (Å²) in [5.74, 6) is 0.667. The third-order valence-corrected chi connectivity index (χ3v) is 7.83. The number of aromatic nitrogens is 1. The zero-order chi connectivity index (χ0) is 24.2. The van der Waals surface area contributed by atoms with Crippen LogP contribution in [0.15, 0.2) is 89.2 Å². The highest BCUT2D eigenvalue weighted by Crippen LogP contribution is 2.34. The maximum absolute atomic E-state index is 11.6. The molecule has 5 nitrogen and oxygen atoms in total. The molecule has 5 rings (SSSR count). The van der Waals surface area contributed by atoms with Crippen molar-refractivity contribution in [1.82, 2.24) is 4.57 Å². The van der Waals surface area contributed by atoms with Gasteiger partial charge in [0.1, 0.15) is 5.69 Å². The summed E-state index contributed by atoms with van der Waals surface area (Å²) in [5, 5.41) is 13.7. The van der Waals surface area contributed by atoms with Crippen molar-refractivity contribution in [2.75, 3.05) is 0 Å². The molecule has 1 aliphatic rings. The fraction of sp³-hybridized carbons (Fsp3) is 0.276. The van der Waals surface area contributed by atoms with Crippen LogP contribution in [0.5, 0.6) is 0 Å². The van der Waals surface area contributed by atoms with E-state index in [0.717, 1.165) is 21.6 Å². The van der Waals surface area contributed by atoms with Crippen molar-refractivity contribution in [3.8, 4) is 11.3 Å². The zero-order valence-electron chi connectivity index (χ0n) is 19.8. The molecule has 0 N–H and O–H groups in total. The lowest BCUT2D eigenvalue weighted by Crippen LogP contribution is -2.20. The lowest BCUT2D eigenvalue weighted by molar-refractivity contribution is -0.384. The number of para-hydroxylation sites is 2. The maximum atomic E-state index is 11.6. The van der Waals surface area contributed by atoms with E-state index in [0.29, 0.717) is 11.6 Å². The number of nitro groups is 1. The number of benzene rings is 3. The van der Waals surface area contributed by atoms with Crippen molar-refractivity contribution in [2.24, 2.45) is 4.99 Å². The number of nitrogens with zero attached hydrogens (tertiary/aromatic N) is 3. The van der Waals surface area contributed by atoms with Gasteiger partial charge in [0.2, 0.25) is 0 Å². The topological polar surface area (TPSA) is 60.4 Å². The van der Waals surface area contributed by atoms with Gasteiger partial charge in [0.05, 0.1) is 16.7 Å². The maximum Gasteiger partial charge on any atom is 0.294 e. The van der Waals surface area contributed by atoms with Crippen molar-refractivity contribution in [3.63, 3.8) is 0 Å². The van der Waals surface area contributed by atoms with Crippen molar-refractivity contribution in [2.45, 2.75) is 51.0 Å². The molecule has 3 aromatic carbocycles. The Kier molecular flexibility index (Phi) is 6.91. The highest BCUT2D eigenvalue weighted by Gasteiger charge is 2.19. The van der Waals surface area contributed by atoms with Gasteiger partial charge in [0, 0.05) is 11.4 Å². The SMILES string of the molecule is CC(c1ccccc1)n1c(-c2ccc(C3CCCCC3)cc2)csc1=Nc1ccccc1[N+](=O)[O-]. The van der Waals surface area contributed by atoms with Gasteiger partial charge in [0.15, 0.2) is 4.80 Å². The van der Waals surface area contributed by atoms with Gasteiger partial charge in [-0.1, -0.05) is 86.0 Å². The molecule has 0 amide bonds. The molecule has 1 aromatic heterocycles. The van der Waals surface area contributed by atoms with Crippen LogP contribution in [0.25, 0.3) is 11.3 Å². The molecule has 0 aliphatic heterocycles. The molecule has 0 radical (unpaired) electrons. The summed E-state index contributed by atoms with van der Waals surface area (Å²) in [7, 11) is 0. The second kappa shape index (κ2) is 10.4. The fourth-order valence-electron chi connectivity index (χ4n) is 5.05. The van der Waals surface area contributed by atoms with Crippen LogP contribution in [0.3, 0.4) is 0 Å². The molecule has 1 fully saturated rings. The van der Waals surface area contributed by atoms with Crippen LogP contribution >= 0.6 is 11.3 Å². The first kappa shape index (κ1) is 23.2. The first-order valence-electron chi connectivity index (χ1n) is 12.3. The van der Waals surface area contributed by atoms with Gasteiger partial charge in [0.25, 0.3) is 5.69 Å². The summed E-state index contributed by atoms with van der Waals surface area (Å²) in [6, 6.07) is 26.0. The van der Waals surface area contributed by atoms with E-state index in [1.54, 1.807) is 18.2 Å². The summed E-state index contributed by atoms with van der Waals surface area (Å²) in [5.41, 5.74) is 5.17. The molecule has 1 atom stereocenters. The lowest BCUT2D eigenvalue weighted by atomic mass is 9.84. The first-order valence-corrected chi connectivity index (χ1v) is 13.1. The van der Waals surface area contributed by atoms with Gasteiger partial charge in [-0.25, -0.2) is 4.99 Å². The minimum absolute atomic E-state index is 0.0111. The van der Waals surface area contributed by atoms with E-state index in [9.17, 15) is 10.1 Å². The number of thiazole rings is 1. The standard InChI is InChI=1S/C29H29N3O2S/c1-21(22-10-4-2-5-11-22)31-28(25-18-16-24(17-19-25)23-12-6-3-7-13-23)20-35-29(31)30-26-14-8-9-15-27(26)32(33)34/h2,4-5,8-11,14-21,23H,3,6-7,12-13H2,1H3. The van der Waals surface area contributed by atoms with Crippen LogP contribution in [0.4, 0.5) is 11.4 Å². The van der Waals surface area contributed by atoms with Crippen molar-refractivity contribution in [3.05, 3.63) is 110 Å². The van der Waals surface area contributed by atoms with Gasteiger partial charge < -0.3 is 4.57 Å².